The molecule has 0 aromatic rings. The third-order valence-electron chi connectivity index (χ3n) is 19.0. The third-order valence-corrected chi connectivity index (χ3v) is 19.0. The molecule has 5 aliphatic carbocycles. The number of aliphatic hydroxyl groups excluding tert-OH is 11. The van der Waals surface area contributed by atoms with Crippen LogP contribution in [0.15, 0.2) is 0 Å². The minimum atomic E-state index is -1.65. The Morgan fingerprint density at radius 3 is 1.98 bits per heavy atom. The molecule has 18 nitrogen and oxygen atoms in total. The van der Waals surface area contributed by atoms with Gasteiger partial charge in [0, 0.05) is 0 Å². The molecule has 64 heavy (non-hydrogen) atoms. The van der Waals surface area contributed by atoms with Crippen molar-refractivity contribution in [1.29, 1.82) is 0 Å². The Labute approximate surface area is 375 Å². The van der Waals surface area contributed by atoms with Gasteiger partial charge in [-0.3, -0.25) is 0 Å². The molecule has 18 heteroatoms. The van der Waals surface area contributed by atoms with Crippen LogP contribution in [0.25, 0.3) is 0 Å². The quantitative estimate of drug-likeness (QED) is 0.105. The molecule has 12 N–H and O–H groups in total. The zero-order valence-corrected chi connectivity index (χ0v) is 38.4. The van der Waals surface area contributed by atoms with Gasteiger partial charge in [-0.2, -0.15) is 0 Å². The lowest BCUT2D eigenvalue weighted by Gasteiger charge is -2.65. The Morgan fingerprint density at radius 2 is 1.33 bits per heavy atom. The molecule has 0 aromatic carbocycles. The van der Waals surface area contributed by atoms with Crippen LogP contribution in [-0.4, -0.2) is 191 Å². The maximum absolute atomic E-state index is 12.1. The first-order valence-electron chi connectivity index (χ1n) is 23.8. The van der Waals surface area contributed by atoms with E-state index in [1.165, 1.54) is 0 Å². The van der Waals surface area contributed by atoms with E-state index in [0.29, 0.717) is 38.5 Å². The van der Waals surface area contributed by atoms with Crippen molar-refractivity contribution < 1.29 is 89.7 Å². The minimum Gasteiger partial charge on any atom is -0.394 e. The van der Waals surface area contributed by atoms with Gasteiger partial charge in [-0.1, -0.05) is 34.6 Å². The van der Waals surface area contributed by atoms with Crippen molar-refractivity contribution in [1.82, 2.24) is 0 Å². The molecule has 370 valence electrons. The van der Waals surface area contributed by atoms with Crippen molar-refractivity contribution in [2.45, 2.75) is 216 Å². The van der Waals surface area contributed by atoms with Crippen LogP contribution in [0.3, 0.4) is 0 Å². The van der Waals surface area contributed by atoms with E-state index in [4.69, 9.17) is 28.4 Å². The second-order valence-electron chi connectivity index (χ2n) is 23.1. The maximum Gasteiger partial charge on any atom is 0.186 e. The first-order valence-corrected chi connectivity index (χ1v) is 23.8. The van der Waals surface area contributed by atoms with Gasteiger partial charge in [-0.05, 0) is 122 Å². The van der Waals surface area contributed by atoms with Crippen molar-refractivity contribution in [3.05, 3.63) is 0 Å². The van der Waals surface area contributed by atoms with Gasteiger partial charge in [0.2, 0.25) is 0 Å². The van der Waals surface area contributed by atoms with E-state index in [0.717, 1.165) is 19.3 Å². The van der Waals surface area contributed by atoms with Gasteiger partial charge in [0.25, 0.3) is 0 Å². The topological polar surface area (TPSA) is 298 Å². The number of rotatable bonds is 12. The maximum atomic E-state index is 12.1. The van der Waals surface area contributed by atoms with Crippen LogP contribution in [0.5, 0.6) is 0 Å². The van der Waals surface area contributed by atoms with Crippen LogP contribution in [-0.2, 0) is 28.4 Å². The molecule has 1 unspecified atom stereocenters. The molecule has 3 saturated heterocycles. The minimum absolute atomic E-state index is 0.0493. The summed E-state index contributed by atoms with van der Waals surface area (Å²) < 4.78 is 36.8. The van der Waals surface area contributed by atoms with Gasteiger partial charge in [-0.15, -0.1) is 0 Å². The average molecular weight is 919 g/mol. The van der Waals surface area contributed by atoms with E-state index in [2.05, 4.69) is 34.6 Å². The Kier molecular flexibility index (Phi) is 13.4. The van der Waals surface area contributed by atoms with Gasteiger partial charge >= 0.3 is 0 Å². The summed E-state index contributed by atoms with van der Waals surface area (Å²) in [7, 11) is 0. The average Bonchev–Trinajstić information content (AvgIpc) is 3.82. The molecule has 25 atom stereocenters. The number of aliphatic hydroxyl groups is 12. The molecule has 8 aliphatic rings. The summed E-state index contributed by atoms with van der Waals surface area (Å²) >= 11 is 0. The molecule has 0 radical (unpaired) electrons. The number of ether oxygens (including phenoxy) is 6. The number of hydrogen-bond acceptors (Lipinski definition) is 18. The van der Waals surface area contributed by atoms with Crippen molar-refractivity contribution in [2.24, 2.45) is 50.7 Å². The second kappa shape index (κ2) is 17.3. The molecule has 0 aromatic heterocycles. The third kappa shape index (κ3) is 7.68. The fourth-order valence-corrected chi connectivity index (χ4v) is 15.4. The Balaban J connectivity index is 1.08. The Hall–Kier alpha value is -0.720. The van der Waals surface area contributed by atoms with Crippen molar-refractivity contribution in [3.63, 3.8) is 0 Å². The highest BCUT2D eigenvalue weighted by molar-refractivity contribution is 5.33. The van der Waals surface area contributed by atoms with E-state index in [-0.39, 0.29) is 58.5 Å². The largest absolute Gasteiger partial charge is 0.394 e. The zero-order chi connectivity index (χ0) is 46.9. The van der Waals surface area contributed by atoms with Gasteiger partial charge in [-0.25, -0.2) is 0 Å². The summed E-state index contributed by atoms with van der Waals surface area (Å²) in [5.74, 6) is -0.198. The van der Waals surface area contributed by atoms with Crippen LogP contribution < -0.4 is 0 Å². The predicted octanol–water partition coefficient (Wildman–Crippen LogP) is -0.973. The van der Waals surface area contributed by atoms with Crippen LogP contribution in [0.1, 0.15) is 106 Å². The van der Waals surface area contributed by atoms with Gasteiger partial charge < -0.3 is 89.7 Å². The Bertz CT molecular complexity index is 1650. The lowest BCUT2D eigenvalue weighted by atomic mass is 9.41. The van der Waals surface area contributed by atoms with Crippen LogP contribution in [0.4, 0.5) is 0 Å². The summed E-state index contributed by atoms with van der Waals surface area (Å²) in [6.07, 6.45) is -15.5. The SMILES string of the molecule is C[C@H](CC[C@H](O)C(C)(C)O)[C@H]1[C@@H](O)C[C@@]2(C)[C@@H]3C[C@H](O[C@@H]4O[C@H](CO)[C@@H](O)[C@H](O)[C@H]4O)C4C(C)(C)[C@@H](O[C@@H]5OC[C@@H](O)[C@H](O[C@@H]6OC[C@@H](O)[C@H](O)[C@H]6O)[C@H]5O)CC[C@@]45C[C@@]35CC[C@]12C. The van der Waals surface area contributed by atoms with E-state index in [9.17, 15) is 61.3 Å². The lowest BCUT2D eigenvalue weighted by molar-refractivity contribution is -0.351. The van der Waals surface area contributed by atoms with E-state index in [1.807, 2.05) is 0 Å². The van der Waals surface area contributed by atoms with E-state index < -0.39 is 122 Å². The standard InChI is InChI=1S/C46H78O18/c1-20(8-9-27(51)42(4,5)58)29-21(48)15-44(7)26-14-24(61-40-34(56)32(54)31(53)25(16-47)62-40)37-41(2,3)28(10-11-46(37)19-45(26,46)13-12-43(29,44)6)63-39-35(57)36(23(50)18-60-39)64-38-33(55)30(52)22(49)17-59-38/h20-40,47-58H,8-19H2,1-7H3/t20-,21+,22-,23-,24+,25-,26+,27+,28+,29+,30+,31-,32+,33-,34-,35-,36+,37?,38+,39+,40-,43-,44+,45+,46-/m1/s1. The highest BCUT2D eigenvalue weighted by Gasteiger charge is 2.85. The monoisotopic (exact) mass is 919 g/mol. The highest BCUT2D eigenvalue weighted by Crippen LogP contribution is 2.89. The highest BCUT2D eigenvalue weighted by atomic mass is 16.7. The number of hydrogen-bond donors (Lipinski definition) is 12. The summed E-state index contributed by atoms with van der Waals surface area (Å²) in [5.41, 5.74) is -3.01. The molecule has 3 aliphatic heterocycles. The normalized spacial score (nSPS) is 54.5. The molecule has 2 spiro atoms. The molecule has 0 bridgehead atoms. The lowest BCUT2D eigenvalue weighted by Crippen LogP contribution is -2.65. The Morgan fingerprint density at radius 1 is 0.688 bits per heavy atom. The zero-order valence-electron chi connectivity index (χ0n) is 38.4. The molecule has 8 fully saturated rings. The molecular formula is C46H78O18. The summed E-state index contributed by atoms with van der Waals surface area (Å²) in [6.45, 7) is 12.9. The van der Waals surface area contributed by atoms with Crippen molar-refractivity contribution in [2.75, 3.05) is 19.8 Å². The smallest absolute Gasteiger partial charge is 0.186 e. The van der Waals surface area contributed by atoms with Gasteiger partial charge in [0.15, 0.2) is 18.9 Å². The van der Waals surface area contributed by atoms with Crippen molar-refractivity contribution in [3.8, 4) is 0 Å². The van der Waals surface area contributed by atoms with Crippen LogP contribution in [0.2, 0.25) is 0 Å². The first-order chi connectivity index (χ1) is 29.8. The summed E-state index contributed by atoms with van der Waals surface area (Å²) in [4.78, 5) is 0. The van der Waals surface area contributed by atoms with Gasteiger partial charge in [0.1, 0.15) is 61.0 Å². The molecular weight excluding hydrogens is 840 g/mol. The van der Waals surface area contributed by atoms with Crippen molar-refractivity contribution >= 4 is 0 Å². The molecule has 5 saturated carbocycles. The first kappa shape index (κ1) is 49.7. The number of fused-ring (bicyclic) bond motifs is 2. The second-order valence-corrected chi connectivity index (χ2v) is 23.1. The van der Waals surface area contributed by atoms with E-state index in [1.54, 1.807) is 13.8 Å². The fraction of sp³-hybridized carbons (Fsp3) is 1.00. The molecule has 8 rings (SSSR count). The fourth-order valence-electron chi connectivity index (χ4n) is 15.4. The summed E-state index contributed by atoms with van der Waals surface area (Å²) in [5, 5.41) is 130. The van der Waals surface area contributed by atoms with Crippen LogP contribution >= 0.6 is 0 Å². The van der Waals surface area contributed by atoms with Gasteiger partial charge in [0.05, 0.1) is 49.8 Å². The molecule has 0 amide bonds. The molecule has 3 heterocycles. The predicted molar refractivity (Wildman–Crippen MR) is 222 cm³/mol. The van der Waals surface area contributed by atoms with E-state index >= 15 is 0 Å². The van der Waals surface area contributed by atoms with Crippen LogP contribution in [0, 0.1) is 50.7 Å². The summed E-state index contributed by atoms with van der Waals surface area (Å²) in [6, 6.07) is 0.